The standard InChI is InChI=1S/C19H19N7/c1-12-5-3-6-13(9-12)18-24-19(26(2)25-18)16-17(20)22-11-15(23-16)14-7-4-8-21-10-14/h3-11,19H,1-2H3,(H2,20,22)(H,24,25). The van der Waals surface area contributed by atoms with Crippen LogP contribution in [0.15, 0.2) is 60.1 Å². The molecule has 1 aliphatic rings. The maximum atomic E-state index is 6.11. The molecule has 0 bridgehead atoms. The van der Waals surface area contributed by atoms with Gasteiger partial charge in [0.25, 0.3) is 0 Å². The first-order chi connectivity index (χ1) is 12.6. The lowest BCUT2D eigenvalue weighted by molar-refractivity contribution is 0.267. The van der Waals surface area contributed by atoms with E-state index in [9.17, 15) is 0 Å². The number of nitrogens with one attached hydrogen (secondary N) is 1. The van der Waals surface area contributed by atoms with Gasteiger partial charge in [0.05, 0.1) is 11.9 Å². The van der Waals surface area contributed by atoms with Gasteiger partial charge in [-0.15, -0.1) is 0 Å². The smallest absolute Gasteiger partial charge is 0.163 e. The highest BCUT2D eigenvalue weighted by Crippen LogP contribution is 2.27. The molecule has 130 valence electrons. The Balaban J connectivity index is 1.66. The van der Waals surface area contributed by atoms with Gasteiger partial charge in [-0.1, -0.05) is 23.8 Å². The number of hydrogen-bond donors (Lipinski definition) is 2. The molecule has 0 amide bonds. The first kappa shape index (κ1) is 16.0. The molecule has 7 heteroatoms. The van der Waals surface area contributed by atoms with Gasteiger partial charge >= 0.3 is 0 Å². The van der Waals surface area contributed by atoms with E-state index in [1.807, 2.05) is 36.3 Å². The SMILES string of the molecule is Cc1cccc(C2=NN(C)C(c3nc(-c4cccnc4)cnc3N)N2)c1. The zero-order valence-electron chi connectivity index (χ0n) is 14.6. The Morgan fingerprint density at radius 1 is 1.12 bits per heavy atom. The van der Waals surface area contributed by atoms with Gasteiger partial charge in [0.2, 0.25) is 0 Å². The zero-order valence-corrected chi connectivity index (χ0v) is 14.6. The van der Waals surface area contributed by atoms with Gasteiger partial charge < -0.3 is 11.1 Å². The average molecular weight is 345 g/mol. The lowest BCUT2D eigenvalue weighted by Gasteiger charge is -2.20. The highest BCUT2D eigenvalue weighted by molar-refractivity contribution is 5.99. The molecule has 1 atom stereocenters. The lowest BCUT2D eigenvalue weighted by atomic mass is 10.1. The highest BCUT2D eigenvalue weighted by Gasteiger charge is 2.29. The molecule has 3 aromatic rings. The van der Waals surface area contributed by atoms with E-state index in [1.54, 1.807) is 18.6 Å². The predicted molar refractivity (Wildman–Crippen MR) is 101 cm³/mol. The van der Waals surface area contributed by atoms with Gasteiger partial charge in [0, 0.05) is 30.6 Å². The van der Waals surface area contributed by atoms with E-state index in [-0.39, 0.29) is 6.17 Å². The van der Waals surface area contributed by atoms with Crippen molar-refractivity contribution in [3.63, 3.8) is 0 Å². The number of amidine groups is 1. The van der Waals surface area contributed by atoms with Crippen LogP contribution in [-0.2, 0) is 0 Å². The Bertz CT molecular complexity index is 969. The van der Waals surface area contributed by atoms with Crippen LogP contribution in [0.3, 0.4) is 0 Å². The van der Waals surface area contributed by atoms with E-state index >= 15 is 0 Å². The number of hydrazone groups is 1. The molecular formula is C19H19N7. The fraction of sp³-hybridized carbons (Fsp3) is 0.158. The molecule has 7 nitrogen and oxygen atoms in total. The summed E-state index contributed by atoms with van der Waals surface area (Å²) in [6.07, 6.45) is 4.86. The lowest BCUT2D eigenvalue weighted by Crippen LogP contribution is -2.30. The van der Waals surface area contributed by atoms with Gasteiger partial charge in [0.1, 0.15) is 11.5 Å². The number of aryl methyl sites for hydroxylation is 1. The first-order valence-corrected chi connectivity index (χ1v) is 8.29. The fourth-order valence-corrected chi connectivity index (χ4v) is 2.91. The quantitative estimate of drug-likeness (QED) is 0.757. The van der Waals surface area contributed by atoms with Crippen molar-refractivity contribution in [2.45, 2.75) is 13.1 Å². The molecule has 26 heavy (non-hydrogen) atoms. The van der Waals surface area contributed by atoms with Crippen LogP contribution < -0.4 is 11.1 Å². The number of nitrogen functional groups attached to an aromatic ring is 1. The maximum absolute atomic E-state index is 6.11. The Morgan fingerprint density at radius 3 is 2.73 bits per heavy atom. The van der Waals surface area contributed by atoms with Gasteiger partial charge in [-0.3, -0.25) is 9.99 Å². The molecule has 3 heterocycles. The topological polar surface area (TPSA) is 92.3 Å². The van der Waals surface area contributed by atoms with Crippen molar-refractivity contribution in [3.8, 4) is 11.3 Å². The molecule has 1 aliphatic heterocycles. The van der Waals surface area contributed by atoms with Crippen molar-refractivity contribution in [1.29, 1.82) is 0 Å². The molecule has 0 saturated heterocycles. The van der Waals surface area contributed by atoms with Crippen molar-refractivity contribution in [3.05, 3.63) is 71.8 Å². The van der Waals surface area contributed by atoms with Crippen molar-refractivity contribution in [2.75, 3.05) is 12.8 Å². The minimum atomic E-state index is -0.283. The molecule has 3 N–H and O–H groups in total. The highest BCUT2D eigenvalue weighted by atomic mass is 15.6. The third kappa shape index (κ3) is 2.95. The monoisotopic (exact) mass is 345 g/mol. The predicted octanol–water partition coefficient (Wildman–Crippen LogP) is 2.32. The number of nitrogens with two attached hydrogens (primary N) is 1. The van der Waals surface area contributed by atoms with Crippen molar-refractivity contribution < 1.29 is 0 Å². The normalized spacial score (nSPS) is 16.3. The number of rotatable bonds is 3. The summed E-state index contributed by atoms with van der Waals surface area (Å²) in [5.41, 5.74) is 10.6. The number of aromatic nitrogens is 3. The van der Waals surface area contributed by atoms with Crippen molar-refractivity contribution >= 4 is 11.7 Å². The van der Waals surface area contributed by atoms with Crippen LogP contribution in [-0.4, -0.2) is 32.8 Å². The van der Waals surface area contributed by atoms with Gasteiger partial charge in [-0.2, -0.15) is 5.10 Å². The minimum Gasteiger partial charge on any atom is -0.382 e. The molecule has 1 aromatic carbocycles. The largest absolute Gasteiger partial charge is 0.382 e. The zero-order chi connectivity index (χ0) is 18.1. The van der Waals surface area contributed by atoms with Crippen LogP contribution in [0.25, 0.3) is 11.3 Å². The van der Waals surface area contributed by atoms with Crippen molar-refractivity contribution in [1.82, 2.24) is 25.3 Å². The van der Waals surface area contributed by atoms with E-state index in [1.165, 1.54) is 5.56 Å². The van der Waals surface area contributed by atoms with Gasteiger partial charge in [0.15, 0.2) is 12.0 Å². The maximum Gasteiger partial charge on any atom is 0.163 e. The molecule has 0 spiro atoms. The second-order valence-corrected chi connectivity index (χ2v) is 6.21. The number of pyridine rings is 1. The minimum absolute atomic E-state index is 0.283. The van der Waals surface area contributed by atoms with Gasteiger partial charge in [-0.05, 0) is 25.1 Å². The number of nitrogens with zero attached hydrogens (tertiary/aromatic N) is 5. The Morgan fingerprint density at radius 2 is 1.96 bits per heavy atom. The van der Waals surface area contributed by atoms with E-state index in [0.717, 1.165) is 22.7 Å². The second-order valence-electron chi connectivity index (χ2n) is 6.21. The number of hydrogen-bond acceptors (Lipinski definition) is 7. The van der Waals surface area contributed by atoms with Crippen LogP contribution in [0.2, 0.25) is 0 Å². The summed E-state index contributed by atoms with van der Waals surface area (Å²) in [6.45, 7) is 2.06. The van der Waals surface area contributed by atoms with E-state index in [2.05, 4.69) is 39.4 Å². The van der Waals surface area contributed by atoms with Crippen LogP contribution in [0.5, 0.6) is 0 Å². The van der Waals surface area contributed by atoms with Crippen LogP contribution in [0, 0.1) is 6.92 Å². The number of anilines is 1. The van der Waals surface area contributed by atoms with Crippen LogP contribution in [0.4, 0.5) is 5.82 Å². The summed E-state index contributed by atoms with van der Waals surface area (Å²) in [5, 5.41) is 9.81. The van der Waals surface area contributed by atoms with Crippen LogP contribution >= 0.6 is 0 Å². The molecule has 0 saturated carbocycles. The summed E-state index contributed by atoms with van der Waals surface area (Å²) in [6, 6.07) is 12.0. The molecule has 0 fully saturated rings. The summed E-state index contributed by atoms with van der Waals surface area (Å²) in [7, 11) is 1.89. The van der Waals surface area contributed by atoms with Gasteiger partial charge in [-0.25, -0.2) is 9.97 Å². The summed E-state index contributed by atoms with van der Waals surface area (Å²) < 4.78 is 0. The van der Waals surface area contributed by atoms with E-state index in [0.29, 0.717) is 11.5 Å². The molecule has 0 aliphatic carbocycles. The summed E-state index contributed by atoms with van der Waals surface area (Å²) in [5.74, 6) is 1.16. The van der Waals surface area contributed by atoms with E-state index in [4.69, 9.17) is 10.7 Å². The van der Waals surface area contributed by atoms with Crippen LogP contribution in [0.1, 0.15) is 23.0 Å². The Hall–Kier alpha value is -3.48. The first-order valence-electron chi connectivity index (χ1n) is 8.29. The summed E-state index contributed by atoms with van der Waals surface area (Å²) >= 11 is 0. The average Bonchev–Trinajstić information content (AvgIpc) is 3.04. The number of benzene rings is 1. The Kier molecular flexibility index (Phi) is 3.96. The molecular weight excluding hydrogens is 326 g/mol. The third-order valence-electron chi connectivity index (χ3n) is 4.24. The summed E-state index contributed by atoms with van der Waals surface area (Å²) in [4.78, 5) is 13.2. The molecule has 4 rings (SSSR count). The van der Waals surface area contributed by atoms with Crippen molar-refractivity contribution in [2.24, 2.45) is 5.10 Å². The third-order valence-corrected chi connectivity index (χ3v) is 4.24. The molecule has 1 unspecified atom stereocenters. The van der Waals surface area contributed by atoms with E-state index < -0.39 is 0 Å². The Labute approximate surface area is 151 Å². The molecule has 2 aromatic heterocycles. The molecule has 0 radical (unpaired) electrons. The fourth-order valence-electron chi connectivity index (χ4n) is 2.91. The second kappa shape index (κ2) is 6.44.